The van der Waals surface area contributed by atoms with E-state index in [2.05, 4.69) is 53.5 Å². The van der Waals surface area contributed by atoms with E-state index in [4.69, 9.17) is 0 Å². The van der Waals surface area contributed by atoms with E-state index in [0.29, 0.717) is 18.1 Å². The maximum atomic E-state index is 12.3. The van der Waals surface area contributed by atoms with Gasteiger partial charge in [-0.05, 0) is 29.5 Å². The third kappa shape index (κ3) is 4.94. The average molecular weight is 374 g/mol. The Morgan fingerprint density at radius 1 is 1.00 bits per heavy atom. The van der Waals surface area contributed by atoms with Crippen LogP contribution in [0.2, 0.25) is 0 Å². The summed E-state index contributed by atoms with van der Waals surface area (Å²) in [7, 11) is 0. The fraction of sp³-hybridized carbons (Fsp3) is 0.261. The first-order chi connectivity index (χ1) is 13.3. The molecule has 0 aliphatic carbocycles. The molecule has 0 atom stereocenters. The van der Waals surface area contributed by atoms with Crippen LogP contribution in [0.25, 0.3) is 0 Å². The van der Waals surface area contributed by atoms with Crippen molar-refractivity contribution in [1.82, 2.24) is 15.3 Å². The standard InChI is InChI=1S/C23H26N4O/c1-16-8-7-9-17(12-16)13-24-21(28)18-14-25-22(26-15-18)27-20-11-6-5-10-19(20)23(2,3)4/h5-12,14-15H,13H2,1-4H3,(H,24,28)(H,25,26,27). The summed E-state index contributed by atoms with van der Waals surface area (Å²) in [6.45, 7) is 8.99. The second kappa shape index (κ2) is 8.21. The molecule has 0 radical (unpaired) electrons. The molecule has 0 bridgehead atoms. The number of anilines is 2. The predicted octanol–water partition coefficient (Wildman–Crippen LogP) is 4.76. The number of amides is 1. The van der Waals surface area contributed by atoms with Crippen molar-refractivity contribution in [3.8, 4) is 0 Å². The van der Waals surface area contributed by atoms with Crippen LogP contribution in [0.1, 0.15) is 47.8 Å². The molecule has 144 valence electrons. The Hall–Kier alpha value is -3.21. The van der Waals surface area contributed by atoms with Crippen LogP contribution in [-0.4, -0.2) is 15.9 Å². The van der Waals surface area contributed by atoms with Gasteiger partial charge in [-0.3, -0.25) is 4.79 Å². The van der Waals surface area contributed by atoms with Crippen molar-refractivity contribution < 1.29 is 4.79 Å². The van der Waals surface area contributed by atoms with Crippen molar-refractivity contribution >= 4 is 17.5 Å². The molecule has 0 saturated carbocycles. The summed E-state index contributed by atoms with van der Waals surface area (Å²) in [6, 6.07) is 16.2. The number of benzene rings is 2. The molecule has 1 heterocycles. The first-order valence-corrected chi connectivity index (χ1v) is 9.35. The Balaban J connectivity index is 1.66. The second-order valence-electron chi connectivity index (χ2n) is 7.89. The van der Waals surface area contributed by atoms with Gasteiger partial charge in [0.05, 0.1) is 5.56 Å². The molecule has 3 aromatic rings. The smallest absolute Gasteiger partial charge is 0.254 e. The van der Waals surface area contributed by atoms with Crippen molar-refractivity contribution in [2.75, 3.05) is 5.32 Å². The van der Waals surface area contributed by atoms with Gasteiger partial charge in [-0.2, -0.15) is 0 Å². The summed E-state index contributed by atoms with van der Waals surface area (Å²) < 4.78 is 0. The minimum atomic E-state index is -0.192. The zero-order valence-corrected chi connectivity index (χ0v) is 16.8. The van der Waals surface area contributed by atoms with E-state index in [0.717, 1.165) is 11.3 Å². The molecule has 0 aliphatic heterocycles. The molecular weight excluding hydrogens is 348 g/mol. The number of carbonyl (C=O) groups excluding carboxylic acids is 1. The SMILES string of the molecule is Cc1cccc(CNC(=O)c2cnc(Nc3ccccc3C(C)(C)C)nc2)c1. The Kier molecular flexibility index (Phi) is 5.73. The lowest BCUT2D eigenvalue weighted by atomic mass is 9.86. The highest BCUT2D eigenvalue weighted by Gasteiger charge is 2.18. The van der Waals surface area contributed by atoms with Crippen LogP contribution in [-0.2, 0) is 12.0 Å². The maximum Gasteiger partial charge on any atom is 0.254 e. The summed E-state index contributed by atoms with van der Waals surface area (Å²) in [5.41, 5.74) is 4.80. The molecule has 5 heteroatoms. The summed E-state index contributed by atoms with van der Waals surface area (Å²) in [5.74, 6) is 0.273. The molecule has 1 amide bonds. The van der Waals surface area contributed by atoms with Gasteiger partial charge >= 0.3 is 0 Å². The van der Waals surface area contributed by atoms with Crippen molar-refractivity contribution in [2.45, 2.75) is 39.7 Å². The quantitative estimate of drug-likeness (QED) is 0.676. The van der Waals surface area contributed by atoms with Crippen molar-refractivity contribution in [3.63, 3.8) is 0 Å². The van der Waals surface area contributed by atoms with Crippen LogP contribution in [0.5, 0.6) is 0 Å². The molecule has 0 unspecified atom stereocenters. The fourth-order valence-corrected chi connectivity index (χ4v) is 2.98. The highest BCUT2D eigenvalue weighted by atomic mass is 16.1. The Labute approximate surface area is 166 Å². The molecule has 1 aromatic heterocycles. The van der Waals surface area contributed by atoms with E-state index in [-0.39, 0.29) is 11.3 Å². The van der Waals surface area contributed by atoms with E-state index >= 15 is 0 Å². The van der Waals surface area contributed by atoms with E-state index in [9.17, 15) is 4.79 Å². The largest absolute Gasteiger partial charge is 0.348 e. The summed E-state index contributed by atoms with van der Waals surface area (Å²) in [5, 5.41) is 6.16. The maximum absolute atomic E-state index is 12.3. The van der Waals surface area contributed by atoms with E-state index in [1.165, 1.54) is 11.1 Å². The minimum Gasteiger partial charge on any atom is -0.348 e. The van der Waals surface area contributed by atoms with E-state index in [1.807, 2.05) is 43.3 Å². The monoisotopic (exact) mass is 374 g/mol. The molecule has 28 heavy (non-hydrogen) atoms. The van der Waals surface area contributed by atoms with Gasteiger partial charge in [0.15, 0.2) is 0 Å². The van der Waals surface area contributed by atoms with Gasteiger partial charge in [0, 0.05) is 24.6 Å². The minimum absolute atomic E-state index is 0.000781. The Bertz CT molecular complexity index is 959. The van der Waals surface area contributed by atoms with Gasteiger partial charge in [-0.1, -0.05) is 68.8 Å². The average Bonchev–Trinajstić information content (AvgIpc) is 2.66. The highest BCUT2D eigenvalue weighted by molar-refractivity contribution is 5.93. The molecule has 2 N–H and O–H groups in total. The van der Waals surface area contributed by atoms with Gasteiger partial charge in [-0.25, -0.2) is 9.97 Å². The number of rotatable bonds is 5. The number of nitrogens with one attached hydrogen (secondary N) is 2. The number of aromatic nitrogens is 2. The van der Waals surface area contributed by atoms with Gasteiger partial charge in [-0.15, -0.1) is 0 Å². The van der Waals surface area contributed by atoms with E-state index in [1.54, 1.807) is 12.4 Å². The third-order valence-electron chi connectivity index (χ3n) is 4.43. The lowest BCUT2D eigenvalue weighted by molar-refractivity contribution is 0.0950. The molecule has 0 aliphatic rings. The number of hydrogen-bond donors (Lipinski definition) is 2. The van der Waals surface area contributed by atoms with Crippen LogP contribution in [0.3, 0.4) is 0 Å². The molecule has 0 fully saturated rings. The third-order valence-corrected chi connectivity index (χ3v) is 4.43. The molecular formula is C23H26N4O. The molecule has 5 nitrogen and oxygen atoms in total. The van der Waals surface area contributed by atoms with Crippen molar-refractivity contribution in [1.29, 1.82) is 0 Å². The van der Waals surface area contributed by atoms with Gasteiger partial charge in [0.1, 0.15) is 0 Å². The first kappa shape index (κ1) is 19.5. The van der Waals surface area contributed by atoms with Crippen LogP contribution in [0.4, 0.5) is 11.6 Å². The van der Waals surface area contributed by atoms with Crippen LogP contribution in [0.15, 0.2) is 60.9 Å². The van der Waals surface area contributed by atoms with Gasteiger partial charge in [0.25, 0.3) is 5.91 Å². The van der Waals surface area contributed by atoms with Crippen LogP contribution in [0, 0.1) is 6.92 Å². The number of nitrogens with zero attached hydrogens (tertiary/aromatic N) is 2. The highest BCUT2D eigenvalue weighted by Crippen LogP contribution is 2.30. The zero-order chi connectivity index (χ0) is 20.1. The lowest BCUT2D eigenvalue weighted by Crippen LogP contribution is -2.23. The fourth-order valence-electron chi connectivity index (χ4n) is 2.98. The van der Waals surface area contributed by atoms with Gasteiger partial charge < -0.3 is 10.6 Å². The summed E-state index contributed by atoms with van der Waals surface area (Å²) in [6.07, 6.45) is 3.08. The zero-order valence-electron chi connectivity index (χ0n) is 16.8. The second-order valence-corrected chi connectivity index (χ2v) is 7.89. The molecule has 2 aromatic carbocycles. The van der Waals surface area contributed by atoms with Gasteiger partial charge in [0.2, 0.25) is 5.95 Å². The number of carbonyl (C=O) groups is 1. The Morgan fingerprint density at radius 3 is 2.39 bits per heavy atom. The summed E-state index contributed by atoms with van der Waals surface area (Å²) in [4.78, 5) is 21.0. The number of para-hydroxylation sites is 1. The summed E-state index contributed by atoms with van der Waals surface area (Å²) >= 11 is 0. The Morgan fingerprint density at radius 2 is 1.71 bits per heavy atom. The van der Waals surface area contributed by atoms with Crippen LogP contribution >= 0.6 is 0 Å². The number of hydrogen-bond acceptors (Lipinski definition) is 4. The molecule has 3 rings (SSSR count). The number of aryl methyl sites for hydroxylation is 1. The lowest BCUT2D eigenvalue weighted by Gasteiger charge is -2.22. The van der Waals surface area contributed by atoms with Crippen molar-refractivity contribution in [3.05, 3.63) is 83.2 Å². The topological polar surface area (TPSA) is 66.9 Å². The predicted molar refractivity (Wildman–Crippen MR) is 113 cm³/mol. The van der Waals surface area contributed by atoms with Crippen molar-refractivity contribution in [2.24, 2.45) is 0 Å². The molecule has 0 saturated heterocycles. The molecule has 0 spiro atoms. The normalized spacial score (nSPS) is 11.1. The first-order valence-electron chi connectivity index (χ1n) is 9.35. The van der Waals surface area contributed by atoms with Crippen LogP contribution < -0.4 is 10.6 Å². The van der Waals surface area contributed by atoms with E-state index < -0.39 is 0 Å².